The molecule has 1 aromatic carbocycles. The van der Waals surface area contributed by atoms with Gasteiger partial charge in [0, 0.05) is 20.5 Å². The zero-order chi connectivity index (χ0) is 14.4. The van der Waals surface area contributed by atoms with Crippen molar-refractivity contribution in [1.29, 1.82) is 0 Å². The minimum absolute atomic E-state index is 0.307. The van der Waals surface area contributed by atoms with Gasteiger partial charge in [-0.3, -0.25) is 4.90 Å². The van der Waals surface area contributed by atoms with Crippen LogP contribution in [0.2, 0.25) is 0 Å². The molecular formula is C18H25NS. The molecule has 1 fully saturated rings. The Morgan fingerprint density at radius 2 is 1.75 bits per heavy atom. The average Bonchev–Trinajstić information content (AvgIpc) is 2.82. The number of hydrogen-bond acceptors (Lipinski definition) is 2. The van der Waals surface area contributed by atoms with E-state index in [0.29, 0.717) is 11.0 Å². The second kappa shape index (κ2) is 4.85. The quantitative estimate of drug-likeness (QED) is 0.709. The number of rotatable bonds is 1. The van der Waals surface area contributed by atoms with Crippen LogP contribution in [0, 0.1) is 0 Å². The largest absolute Gasteiger partial charge is 0.298 e. The lowest BCUT2D eigenvalue weighted by molar-refractivity contribution is 0.0804. The number of fused-ring (bicyclic) bond motifs is 1. The van der Waals surface area contributed by atoms with Crippen LogP contribution in [0.5, 0.6) is 0 Å². The summed E-state index contributed by atoms with van der Waals surface area (Å²) in [5.74, 6) is 0. The molecule has 20 heavy (non-hydrogen) atoms. The Labute approximate surface area is 126 Å². The minimum Gasteiger partial charge on any atom is -0.298 e. The van der Waals surface area contributed by atoms with Crippen LogP contribution in [-0.4, -0.2) is 23.5 Å². The van der Waals surface area contributed by atoms with Gasteiger partial charge in [-0.15, -0.1) is 11.3 Å². The summed E-state index contributed by atoms with van der Waals surface area (Å²) in [6, 6.07) is 11.2. The highest BCUT2D eigenvalue weighted by atomic mass is 32.1. The first kappa shape index (κ1) is 14.1. The summed E-state index contributed by atoms with van der Waals surface area (Å²) in [6.45, 7) is 11.9. The van der Waals surface area contributed by atoms with Crippen LogP contribution in [0.25, 0.3) is 10.1 Å². The maximum Gasteiger partial charge on any atom is 0.0345 e. The van der Waals surface area contributed by atoms with E-state index < -0.39 is 0 Å². The fraction of sp³-hybridized carbons (Fsp3) is 0.556. The Morgan fingerprint density at radius 1 is 1.10 bits per heavy atom. The third-order valence-electron chi connectivity index (χ3n) is 4.84. The van der Waals surface area contributed by atoms with Crippen molar-refractivity contribution in [3.63, 3.8) is 0 Å². The molecule has 3 rings (SSSR count). The highest BCUT2D eigenvalue weighted by Gasteiger charge is 2.36. The van der Waals surface area contributed by atoms with Gasteiger partial charge in [-0.2, -0.15) is 0 Å². The highest BCUT2D eigenvalue weighted by Crippen LogP contribution is 2.42. The van der Waals surface area contributed by atoms with E-state index in [1.807, 2.05) is 11.3 Å². The fourth-order valence-corrected chi connectivity index (χ4v) is 4.46. The van der Waals surface area contributed by atoms with Gasteiger partial charge in [0.2, 0.25) is 0 Å². The van der Waals surface area contributed by atoms with Crippen LogP contribution < -0.4 is 0 Å². The monoisotopic (exact) mass is 287 g/mol. The first-order valence-corrected chi connectivity index (χ1v) is 8.44. The molecule has 0 radical (unpaired) electrons. The van der Waals surface area contributed by atoms with Crippen molar-refractivity contribution in [1.82, 2.24) is 4.90 Å². The van der Waals surface area contributed by atoms with Gasteiger partial charge in [-0.05, 0) is 64.2 Å². The van der Waals surface area contributed by atoms with Crippen molar-refractivity contribution in [3.05, 3.63) is 35.2 Å². The zero-order valence-corrected chi connectivity index (χ0v) is 13.9. The molecule has 0 amide bonds. The van der Waals surface area contributed by atoms with Gasteiger partial charge in [0.25, 0.3) is 0 Å². The Balaban J connectivity index is 1.83. The molecule has 0 N–H and O–H groups in total. The van der Waals surface area contributed by atoms with Crippen LogP contribution in [0.3, 0.4) is 0 Å². The molecule has 1 nitrogen and oxygen atoms in total. The third kappa shape index (κ3) is 2.51. The maximum absolute atomic E-state index is 2.63. The minimum atomic E-state index is 0.307. The van der Waals surface area contributed by atoms with Crippen LogP contribution in [-0.2, 0) is 5.41 Å². The molecular weight excluding hydrogens is 262 g/mol. The fourth-order valence-electron chi connectivity index (χ4n) is 3.20. The standard InChI is InChI=1S/C18H25NS/c1-17(2,3)19-11-9-18(4,10-12-19)16-13-14-7-5-6-8-15(14)20-16/h5-8,13H,9-12H2,1-4H3. The number of benzene rings is 1. The van der Waals surface area contributed by atoms with Gasteiger partial charge in [0.1, 0.15) is 0 Å². The lowest BCUT2D eigenvalue weighted by Crippen LogP contribution is -2.49. The van der Waals surface area contributed by atoms with Crippen molar-refractivity contribution in [2.24, 2.45) is 0 Å². The van der Waals surface area contributed by atoms with E-state index in [1.165, 1.54) is 36.0 Å². The molecule has 108 valence electrons. The third-order valence-corrected chi connectivity index (χ3v) is 6.26. The van der Waals surface area contributed by atoms with Gasteiger partial charge >= 0.3 is 0 Å². The average molecular weight is 287 g/mol. The van der Waals surface area contributed by atoms with E-state index in [-0.39, 0.29) is 0 Å². The van der Waals surface area contributed by atoms with Gasteiger partial charge in [-0.1, -0.05) is 25.1 Å². The summed E-state index contributed by atoms with van der Waals surface area (Å²) in [5.41, 5.74) is 0.674. The molecule has 1 saturated heterocycles. The van der Waals surface area contributed by atoms with Gasteiger partial charge < -0.3 is 0 Å². The maximum atomic E-state index is 2.63. The molecule has 0 bridgehead atoms. The number of piperidine rings is 1. The number of likely N-dealkylation sites (tertiary alicyclic amines) is 1. The van der Waals surface area contributed by atoms with E-state index in [9.17, 15) is 0 Å². The summed E-state index contributed by atoms with van der Waals surface area (Å²) in [5, 5.41) is 1.41. The molecule has 2 heterocycles. The molecule has 1 aromatic heterocycles. The van der Waals surface area contributed by atoms with Crippen molar-refractivity contribution in [2.75, 3.05) is 13.1 Å². The number of thiophene rings is 1. The lowest BCUT2D eigenvalue weighted by Gasteiger charge is -2.45. The predicted molar refractivity (Wildman–Crippen MR) is 89.7 cm³/mol. The molecule has 1 aliphatic heterocycles. The zero-order valence-electron chi connectivity index (χ0n) is 13.1. The Bertz CT molecular complexity index is 564. The van der Waals surface area contributed by atoms with Crippen molar-refractivity contribution in [2.45, 2.75) is 51.5 Å². The van der Waals surface area contributed by atoms with E-state index >= 15 is 0 Å². The van der Waals surface area contributed by atoms with E-state index in [4.69, 9.17) is 0 Å². The topological polar surface area (TPSA) is 3.24 Å². The lowest BCUT2D eigenvalue weighted by atomic mass is 9.78. The molecule has 0 spiro atoms. The molecule has 2 aromatic rings. The van der Waals surface area contributed by atoms with Crippen LogP contribution in [0.15, 0.2) is 30.3 Å². The number of nitrogens with zero attached hydrogens (tertiary/aromatic N) is 1. The summed E-state index contributed by atoms with van der Waals surface area (Å²) < 4.78 is 1.43. The molecule has 0 aliphatic carbocycles. The SMILES string of the molecule is CC1(c2cc3ccccc3s2)CCN(C(C)(C)C)CC1. The highest BCUT2D eigenvalue weighted by molar-refractivity contribution is 7.19. The summed E-state index contributed by atoms with van der Waals surface area (Å²) in [6.07, 6.45) is 2.55. The molecule has 0 saturated carbocycles. The van der Waals surface area contributed by atoms with Crippen LogP contribution in [0.1, 0.15) is 45.4 Å². The second-order valence-electron chi connectivity index (χ2n) is 7.37. The van der Waals surface area contributed by atoms with Crippen molar-refractivity contribution >= 4 is 21.4 Å². The predicted octanol–water partition coefficient (Wildman–Crippen LogP) is 5.05. The van der Waals surface area contributed by atoms with Crippen LogP contribution >= 0.6 is 11.3 Å². The van der Waals surface area contributed by atoms with Gasteiger partial charge in [0.15, 0.2) is 0 Å². The molecule has 2 heteroatoms. The van der Waals surface area contributed by atoms with Gasteiger partial charge in [0.05, 0.1) is 0 Å². The second-order valence-corrected chi connectivity index (χ2v) is 8.45. The first-order valence-electron chi connectivity index (χ1n) is 7.63. The summed E-state index contributed by atoms with van der Waals surface area (Å²) in [7, 11) is 0. The summed E-state index contributed by atoms with van der Waals surface area (Å²) >= 11 is 1.99. The first-order chi connectivity index (χ1) is 9.38. The molecule has 0 unspecified atom stereocenters. The Hall–Kier alpha value is -0.860. The normalized spacial score (nSPS) is 20.4. The van der Waals surface area contributed by atoms with E-state index in [0.717, 1.165) is 0 Å². The summed E-state index contributed by atoms with van der Waals surface area (Å²) in [4.78, 5) is 4.20. The van der Waals surface area contributed by atoms with Crippen LogP contribution in [0.4, 0.5) is 0 Å². The van der Waals surface area contributed by atoms with Crippen molar-refractivity contribution in [3.8, 4) is 0 Å². The number of hydrogen-bond donors (Lipinski definition) is 0. The smallest absolute Gasteiger partial charge is 0.0345 e. The molecule has 0 atom stereocenters. The van der Waals surface area contributed by atoms with Gasteiger partial charge in [-0.25, -0.2) is 0 Å². The van der Waals surface area contributed by atoms with Crippen molar-refractivity contribution < 1.29 is 0 Å². The van der Waals surface area contributed by atoms with E-state index in [1.54, 1.807) is 4.88 Å². The Morgan fingerprint density at radius 3 is 2.35 bits per heavy atom. The van der Waals surface area contributed by atoms with E-state index in [2.05, 4.69) is 62.9 Å². The molecule has 1 aliphatic rings. The Kier molecular flexibility index (Phi) is 3.42.